The van der Waals surface area contributed by atoms with Crippen LogP contribution in [0.3, 0.4) is 0 Å². The van der Waals surface area contributed by atoms with E-state index in [0.29, 0.717) is 24.7 Å². The van der Waals surface area contributed by atoms with Gasteiger partial charge in [-0.2, -0.15) is 4.98 Å². The first kappa shape index (κ1) is 17.5. The first-order valence-electron chi connectivity index (χ1n) is 8.80. The standard InChI is InChI=1S/C18H25N5O2/c1-14-20-18(21-25-14)8-11-23(15(2)24)17-7-5-10-22(13-17)12-16-6-3-4-9-19-16/h3-4,6,9,17H,5,7-8,10-13H2,1-2H3. The molecule has 1 unspecified atom stereocenters. The average molecular weight is 343 g/mol. The van der Waals surface area contributed by atoms with Crippen molar-refractivity contribution in [3.8, 4) is 0 Å². The Morgan fingerprint density at radius 2 is 2.32 bits per heavy atom. The number of carbonyl (C=O) groups is 1. The summed E-state index contributed by atoms with van der Waals surface area (Å²) in [6.45, 7) is 6.78. The summed E-state index contributed by atoms with van der Waals surface area (Å²) in [7, 11) is 0. The zero-order valence-electron chi connectivity index (χ0n) is 14.9. The van der Waals surface area contributed by atoms with E-state index in [4.69, 9.17) is 4.52 Å². The zero-order valence-corrected chi connectivity index (χ0v) is 14.9. The van der Waals surface area contributed by atoms with Gasteiger partial charge >= 0.3 is 0 Å². The number of likely N-dealkylation sites (tertiary alicyclic amines) is 1. The number of carbonyl (C=O) groups excluding carboxylic acids is 1. The van der Waals surface area contributed by atoms with Crippen molar-refractivity contribution >= 4 is 5.91 Å². The van der Waals surface area contributed by atoms with E-state index in [9.17, 15) is 4.79 Å². The monoisotopic (exact) mass is 343 g/mol. The highest BCUT2D eigenvalue weighted by molar-refractivity contribution is 5.73. The lowest BCUT2D eigenvalue weighted by atomic mass is 10.0. The smallest absolute Gasteiger partial charge is 0.223 e. The fourth-order valence-electron chi connectivity index (χ4n) is 3.41. The summed E-state index contributed by atoms with van der Waals surface area (Å²) >= 11 is 0. The number of aryl methyl sites for hydroxylation is 1. The molecular formula is C18H25N5O2. The SMILES string of the molecule is CC(=O)N(CCc1noc(C)n1)C1CCCN(Cc2ccccn2)C1. The fourth-order valence-corrected chi connectivity index (χ4v) is 3.41. The summed E-state index contributed by atoms with van der Waals surface area (Å²) in [5.41, 5.74) is 1.07. The molecule has 1 aliphatic rings. The van der Waals surface area contributed by atoms with Crippen molar-refractivity contribution in [3.05, 3.63) is 41.8 Å². The molecule has 0 saturated carbocycles. The first-order chi connectivity index (χ1) is 12.1. The van der Waals surface area contributed by atoms with Gasteiger partial charge < -0.3 is 9.42 Å². The molecule has 25 heavy (non-hydrogen) atoms. The molecule has 0 radical (unpaired) electrons. The van der Waals surface area contributed by atoms with Gasteiger partial charge in [0.25, 0.3) is 0 Å². The third-order valence-electron chi connectivity index (χ3n) is 4.58. The normalized spacial score (nSPS) is 18.2. The minimum Gasteiger partial charge on any atom is -0.340 e. The van der Waals surface area contributed by atoms with Crippen LogP contribution in [0.5, 0.6) is 0 Å². The van der Waals surface area contributed by atoms with E-state index in [-0.39, 0.29) is 11.9 Å². The maximum Gasteiger partial charge on any atom is 0.223 e. The van der Waals surface area contributed by atoms with Gasteiger partial charge in [-0.05, 0) is 31.5 Å². The largest absolute Gasteiger partial charge is 0.340 e. The van der Waals surface area contributed by atoms with Crippen LogP contribution in [-0.2, 0) is 17.8 Å². The second-order valence-electron chi connectivity index (χ2n) is 6.54. The van der Waals surface area contributed by atoms with E-state index >= 15 is 0 Å². The average Bonchev–Trinajstić information content (AvgIpc) is 3.01. The van der Waals surface area contributed by atoms with Gasteiger partial charge in [0.2, 0.25) is 11.8 Å². The molecule has 7 nitrogen and oxygen atoms in total. The van der Waals surface area contributed by atoms with Crippen molar-refractivity contribution in [2.75, 3.05) is 19.6 Å². The van der Waals surface area contributed by atoms with Crippen LogP contribution in [0.4, 0.5) is 0 Å². The number of hydrogen-bond donors (Lipinski definition) is 0. The quantitative estimate of drug-likeness (QED) is 0.796. The molecule has 1 amide bonds. The van der Waals surface area contributed by atoms with E-state index in [0.717, 1.165) is 38.2 Å². The van der Waals surface area contributed by atoms with Crippen molar-refractivity contribution < 1.29 is 9.32 Å². The summed E-state index contributed by atoms with van der Waals surface area (Å²) in [5, 5.41) is 3.92. The summed E-state index contributed by atoms with van der Waals surface area (Å²) in [5.74, 6) is 1.32. The van der Waals surface area contributed by atoms with Gasteiger partial charge in [-0.15, -0.1) is 0 Å². The summed E-state index contributed by atoms with van der Waals surface area (Å²) < 4.78 is 5.01. The number of hydrogen-bond acceptors (Lipinski definition) is 6. The van der Waals surface area contributed by atoms with Gasteiger partial charge in [0, 0.05) is 52.1 Å². The van der Waals surface area contributed by atoms with Crippen molar-refractivity contribution in [2.24, 2.45) is 0 Å². The van der Waals surface area contributed by atoms with Crippen molar-refractivity contribution in [3.63, 3.8) is 0 Å². The molecule has 1 atom stereocenters. The van der Waals surface area contributed by atoms with Crippen LogP contribution in [0, 0.1) is 6.92 Å². The van der Waals surface area contributed by atoms with Crippen LogP contribution in [0.15, 0.2) is 28.9 Å². The van der Waals surface area contributed by atoms with Gasteiger partial charge in [-0.1, -0.05) is 11.2 Å². The molecule has 3 rings (SSSR count). The number of piperidine rings is 1. The molecule has 1 aliphatic heterocycles. The molecule has 1 saturated heterocycles. The van der Waals surface area contributed by atoms with E-state index in [1.807, 2.05) is 29.3 Å². The predicted molar refractivity (Wildman–Crippen MR) is 92.7 cm³/mol. The Hall–Kier alpha value is -2.28. The van der Waals surface area contributed by atoms with Gasteiger partial charge in [-0.3, -0.25) is 14.7 Å². The summed E-state index contributed by atoms with van der Waals surface area (Å²) in [6.07, 6.45) is 4.56. The minimum atomic E-state index is 0.102. The minimum absolute atomic E-state index is 0.102. The Labute approximate surface area is 148 Å². The van der Waals surface area contributed by atoms with Crippen LogP contribution in [-0.4, -0.2) is 56.5 Å². The predicted octanol–water partition coefficient (Wildman–Crippen LogP) is 1.83. The molecule has 2 aromatic rings. The molecule has 0 aromatic carbocycles. The Morgan fingerprint density at radius 3 is 3.00 bits per heavy atom. The van der Waals surface area contributed by atoms with E-state index in [1.54, 1.807) is 13.8 Å². The van der Waals surface area contributed by atoms with Crippen LogP contribution < -0.4 is 0 Å². The van der Waals surface area contributed by atoms with E-state index in [1.165, 1.54) is 0 Å². The molecule has 0 spiro atoms. The van der Waals surface area contributed by atoms with Gasteiger partial charge in [0.15, 0.2) is 5.82 Å². The zero-order chi connectivity index (χ0) is 17.6. The number of rotatable bonds is 6. The fraction of sp³-hybridized carbons (Fsp3) is 0.556. The second kappa shape index (κ2) is 8.20. The molecule has 0 bridgehead atoms. The molecule has 0 aliphatic carbocycles. The Bertz CT molecular complexity index is 688. The van der Waals surface area contributed by atoms with E-state index in [2.05, 4.69) is 20.0 Å². The van der Waals surface area contributed by atoms with E-state index < -0.39 is 0 Å². The van der Waals surface area contributed by atoms with Crippen LogP contribution in [0.1, 0.15) is 37.2 Å². The highest BCUT2D eigenvalue weighted by Gasteiger charge is 2.27. The van der Waals surface area contributed by atoms with Crippen LogP contribution in [0.2, 0.25) is 0 Å². The Morgan fingerprint density at radius 1 is 1.44 bits per heavy atom. The summed E-state index contributed by atoms with van der Waals surface area (Å²) in [4.78, 5) is 25.1. The second-order valence-corrected chi connectivity index (χ2v) is 6.54. The number of pyridine rings is 1. The highest BCUT2D eigenvalue weighted by Crippen LogP contribution is 2.18. The van der Waals surface area contributed by atoms with Gasteiger partial charge in [0.05, 0.1) is 5.69 Å². The van der Waals surface area contributed by atoms with Crippen LogP contribution >= 0.6 is 0 Å². The third kappa shape index (κ3) is 4.85. The Kier molecular flexibility index (Phi) is 5.75. The lowest BCUT2D eigenvalue weighted by Gasteiger charge is -2.39. The van der Waals surface area contributed by atoms with Crippen molar-refractivity contribution in [1.29, 1.82) is 0 Å². The Balaban J connectivity index is 1.59. The highest BCUT2D eigenvalue weighted by atomic mass is 16.5. The maximum absolute atomic E-state index is 12.2. The van der Waals surface area contributed by atoms with Crippen molar-refractivity contribution in [2.45, 2.75) is 45.7 Å². The lowest BCUT2D eigenvalue weighted by molar-refractivity contribution is -0.132. The number of nitrogens with zero attached hydrogens (tertiary/aromatic N) is 5. The summed E-state index contributed by atoms with van der Waals surface area (Å²) in [6, 6.07) is 6.21. The van der Waals surface area contributed by atoms with Crippen molar-refractivity contribution in [1.82, 2.24) is 24.9 Å². The maximum atomic E-state index is 12.2. The number of amides is 1. The first-order valence-corrected chi connectivity index (χ1v) is 8.80. The molecule has 3 heterocycles. The topological polar surface area (TPSA) is 75.4 Å². The molecule has 7 heteroatoms. The van der Waals surface area contributed by atoms with Gasteiger partial charge in [-0.25, -0.2) is 0 Å². The van der Waals surface area contributed by atoms with Crippen LogP contribution in [0.25, 0.3) is 0 Å². The third-order valence-corrected chi connectivity index (χ3v) is 4.58. The lowest BCUT2D eigenvalue weighted by Crippen LogP contribution is -2.50. The molecule has 0 N–H and O–H groups in total. The molecule has 2 aromatic heterocycles. The molecule has 1 fully saturated rings. The molecule has 134 valence electrons. The number of aromatic nitrogens is 3. The molecular weight excluding hydrogens is 318 g/mol. The van der Waals surface area contributed by atoms with Gasteiger partial charge in [0.1, 0.15) is 0 Å².